The van der Waals surface area contributed by atoms with Gasteiger partial charge < -0.3 is 4.74 Å². The predicted octanol–water partition coefficient (Wildman–Crippen LogP) is 3.87. The topological polar surface area (TPSA) is 26.3 Å². The van der Waals surface area contributed by atoms with Crippen molar-refractivity contribution in [2.24, 2.45) is 0 Å². The summed E-state index contributed by atoms with van der Waals surface area (Å²) in [5.41, 5.74) is 1.81. The lowest BCUT2D eigenvalue weighted by atomic mass is 10.1. The minimum atomic E-state index is -0.275. The third-order valence-corrected chi connectivity index (χ3v) is 5.71. The summed E-state index contributed by atoms with van der Waals surface area (Å²) < 4.78 is 6.53. The number of rotatable bonds is 2. The van der Waals surface area contributed by atoms with Crippen LogP contribution in [0.1, 0.15) is 5.56 Å². The third kappa shape index (κ3) is 3.19. The van der Waals surface area contributed by atoms with Crippen LogP contribution in [0.25, 0.3) is 6.08 Å². The minimum absolute atomic E-state index is 0.216. The number of carbonyl (C=O) groups excluding carboxylic acids is 1. The first-order chi connectivity index (χ1) is 9.83. The smallest absolute Gasteiger partial charge is 0.340 e. The van der Waals surface area contributed by atoms with Gasteiger partial charge in [0.15, 0.2) is 0 Å². The van der Waals surface area contributed by atoms with Gasteiger partial charge in [-0.25, -0.2) is 4.79 Å². The molecule has 1 fully saturated rings. The molecule has 0 bridgehead atoms. The first-order valence-electron chi connectivity index (χ1n) is 6.45. The normalized spacial score (nSPS) is 22.6. The fraction of sp³-hybridized carbons (Fsp3) is 0.188. The Morgan fingerprint density at radius 3 is 2.60 bits per heavy atom. The predicted molar refractivity (Wildman–Crippen MR) is 86.4 cm³/mol. The van der Waals surface area contributed by atoms with Gasteiger partial charge in [0.1, 0.15) is 6.10 Å². The zero-order valence-electron chi connectivity index (χ0n) is 10.8. The average Bonchev–Trinajstić information content (AvgIpc) is 3.00. The Hall–Kier alpha value is -1.39. The van der Waals surface area contributed by atoms with Crippen molar-refractivity contribution < 1.29 is 9.53 Å². The molecule has 2 aliphatic rings. The summed E-state index contributed by atoms with van der Waals surface area (Å²) in [5.74, 6) is 1.93. The molecule has 2 aliphatic heterocycles. The number of hydrogen-bond acceptors (Lipinski definition) is 4. The van der Waals surface area contributed by atoms with E-state index in [0.29, 0.717) is 5.57 Å². The molecule has 0 spiro atoms. The maximum atomic E-state index is 12.0. The number of thioether (sulfide) groups is 2. The molecule has 0 amide bonds. The van der Waals surface area contributed by atoms with Crippen LogP contribution in [0.5, 0.6) is 0 Å². The Morgan fingerprint density at radius 2 is 1.90 bits per heavy atom. The molecule has 102 valence electrons. The fourth-order valence-corrected chi connectivity index (χ4v) is 4.46. The van der Waals surface area contributed by atoms with E-state index in [-0.39, 0.29) is 12.1 Å². The number of benzene rings is 1. The van der Waals surface area contributed by atoms with E-state index < -0.39 is 0 Å². The molecule has 1 aromatic rings. The lowest BCUT2D eigenvalue weighted by Gasteiger charge is -2.17. The molecule has 0 N–H and O–H groups in total. The molecule has 2 nitrogen and oxygen atoms in total. The Labute approximate surface area is 127 Å². The highest BCUT2D eigenvalue weighted by Crippen LogP contribution is 2.40. The van der Waals surface area contributed by atoms with Gasteiger partial charge in [-0.15, -0.1) is 23.5 Å². The summed E-state index contributed by atoms with van der Waals surface area (Å²) in [5, 5.41) is 0. The first kappa shape index (κ1) is 13.6. The maximum absolute atomic E-state index is 12.0. The lowest BCUT2D eigenvalue weighted by molar-refractivity contribution is -0.140. The van der Waals surface area contributed by atoms with Crippen molar-refractivity contribution in [3.63, 3.8) is 0 Å². The Bertz CT molecular complexity index is 580. The second-order valence-electron chi connectivity index (χ2n) is 4.40. The van der Waals surface area contributed by atoms with E-state index in [2.05, 4.69) is 0 Å². The SMILES string of the molecule is O=C1OC(/C=C/c2ccccc2)C=CC1=C1SCCS1. The molecule has 3 rings (SSSR count). The number of cyclic esters (lactones) is 1. The summed E-state index contributed by atoms with van der Waals surface area (Å²) in [6, 6.07) is 9.99. The van der Waals surface area contributed by atoms with Crippen molar-refractivity contribution in [3.05, 3.63) is 63.9 Å². The summed E-state index contributed by atoms with van der Waals surface area (Å²) in [6.45, 7) is 0. The van der Waals surface area contributed by atoms with Crippen molar-refractivity contribution in [2.75, 3.05) is 11.5 Å². The van der Waals surface area contributed by atoms with Crippen molar-refractivity contribution >= 4 is 35.6 Å². The summed E-state index contributed by atoms with van der Waals surface area (Å²) in [4.78, 5) is 12.0. The van der Waals surface area contributed by atoms with E-state index in [9.17, 15) is 4.79 Å². The molecule has 1 unspecified atom stereocenters. The fourth-order valence-electron chi connectivity index (χ4n) is 1.98. The molecule has 20 heavy (non-hydrogen) atoms. The molecular formula is C16H14O2S2. The monoisotopic (exact) mass is 302 g/mol. The zero-order chi connectivity index (χ0) is 13.8. The van der Waals surface area contributed by atoms with Crippen LogP contribution in [0.4, 0.5) is 0 Å². The van der Waals surface area contributed by atoms with Crippen molar-refractivity contribution in [2.45, 2.75) is 6.10 Å². The molecule has 1 aromatic carbocycles. The van der Waals surface area contributed by atoms with Gasteiger partial charge in [0.2, 0.25) is 0 Å². The van der Waals surface area contributed by atoms with Gasteiger partial charge in [0, 0.05) is 11.5 Å². The Kier molecular flexibility index (Phi) is 4.33. The van der Waals surface area contributed by atoms with Gasteiger partial charge in [-0.2, -0.15) is 0 Å². The van der Waals surface area contributed by atoms with Crippen LogP contribution in [-0.4, -0.2) is 23.6 Å². The molecule has 0 radical (unpaired) electrons. The van der Waals surface area contributed by atoms with Gasteiger partial charge in [-0.05, 0) is 23.8 Å². The summed E-state index contributed by atoms with van der Waals surface area (Å²) in [6.07, 6.45) is 7.43. The number of hydrogen-bond donors (Lipinski definition) is 0. The number of esters is 1. The maximum Gasteiger partial charge on any atom is 0.340 e. The summed E-state index contributed by atoms with van der Waals surface area (Å²) in [7, 11) is 0. The third-order valence-electron chi connectivity index (χ3n) is 2.96. The zero-order valence-corrected chi connectivity index (χ0v) is 12.5. The van der Waals surface area contributed by atoms with Gasteiger partial charge >= 0.3 is 5.97 Å². The standard InChI is InChI=1S/C16H14O2S2/c17-15-14(16-19-10-11-20-16)9-8-13(18-15)7-6-12-4-2-1-3-5-12/h1-9,13H,10-11H2/b7-6+. The van der Waals surface area contributed by atoms with Crippen molar-refractivity contribution in [1.29, 1.82) is 0 Å². The van der Waals surface area contributed by atoms with E-state index in [1.807, 2.05) is 54.6 Å². The van der Waals surface area contributed by atoms with Crippen LogP contribution in [0.15, 0.2) is 58.4 Å². The molecule has 4 heteroatoms. The van der Waals surface area contributed by atoms with Crippen LogP contribution >= 0.6 is 23.5 Å². The van der Waals surface area contributed by atoms with Crippen molar-refractivity contribution in [3.8, 4) is 0 Å². The van der Waals surface area contributed by atoms with Crippen LogP contribution in [-0.2, 0) is 9.53 Å². The lowest BCUT2D eigenvalue weighted by Crippen LogP contribution is -2.19. The Balaban J connectivity index is 1.72. The van der Waals surface area contributed by atoms with Gasteiger partial charge in [-0.3, -0.25) is 0 Å². The first-order valence-corrected chi connectivity index (χ1v) is 8.42. The highest BCUT2D eigenvalue weighted by Gasteiger charge is 2.24. The number of ether oxygens (including phenoxy) is 1. The molecule has 2 heterocycles. The molecular weight excluding hydrogens is 288 g/mol. The Morgan fingerprint density at radius 1 is 1.15 bits per heavy atom. The van der Waals surface area contributed by atoms with E-state index in [4.69, 9.17) is 4.74 Å². The van der Waals surface area contributed by atoms with Gasteiger partial charge in [0.25, 0.3) is 0 Å². The highest BCUT2D eigenvalue weighted by atomic mass is 32.2. The van der Waals surface area contributed by atoms with Gasteiger partial charge in [0.05, 0.1) is 9.81 Å². The van der Waals surface area contributed by atoms with Crippen LogP contribution in [0.3, 0.4) is 0 Å². The molecule has 0 saturated carbocycles. The molecule has 1 saturated heterocycles. The van der Waals surface area contributed by atoms with Crippen LogP contribution < -0.4 is 0 Å². The quantitative estimate of drug-likeness (QED) is 0.612. The largest absolute Gasteiger partial charge is 0.450 e. The second-order valence-corrected chi connectivity index (χ2v) is 6.87. The average molecular weight is 302 g/mol. The number of carbonyl (C=O) groups is 1. The molecule has 1 atom stereocenters. The van der Waals surface area contributed by atoms with E-state index in [1.165, 1.54) is 0 Å². The van der Waals surface area contributed by atoms with Crippen LogP contribution in [0.2, 0.25) is 0 Å². The van der Waals surface area contributed by atoms with E-state index in [1.54, 1.807) is 23.5 Å². The van der Waals surface area contributed by atoms with Crippen molar-refractivity contribution in [1.82, 2.24) is 0 Å². The van der Waals surface area contributed by atoms with Crippen LogP contribution in [0, 0.1) is 0 Å². The second kappa shape index (κ2) is 6.37. The minimum Gasteiger partial charge on any atom is -0.450 e. The summed E-state index contributed by atoms with van der Waals surface area (Å²) >= 11 is 3.47. The van der Waals surface area contributed by atoms with E-state index in [0.717, 1.165) is 21.3 Å². The molecule has 0 aromatic heterocycles. The molecule has 0 aliphatic carbocycles. The van der Waals surface area contributed by atoms with Gasteiger partial charge in [-0.1, -0.05) is 36.4 Å². The van der Waals surface area contributed by atoms with E-state index >= 15 is 0 Å². The highest BCUT2D eigenvalue weighted by molar-refractivity contribution is 8.25.